The van der Waals surface area contributed by atoms with Crippen molar-refractivity contribution in [3.05, 3.63) is 35.4 Å². The van der Waals surface area contributed by atoms with E-state index in [1.807, 2.05) is 19.1 Å². The minimum atomic E-state index is -0.259. The van der Waals surface area contributed by atoms with E-state index in [0.29, 0.717) is 5.56 Å². The zero-order chi connectivity index (χ0) is 8.27. The molecular weight excluding hydrogens is 136 g/mol. The third-order valence-corrected chi connectivity index (χ3v) is 1.44. The van der Waals surface area contributed by atoms with Crippen molar-refractivity contribution in [2.24, 2.45) is 0 Å². The lowest BCUT2D eigenvalue weighted by atomic mass is 10.1. The molecule has 11 heavy (non-hydrogen) atoms. The lowest BCUT2D eigenvalue weighted by Gasteiger charge is -1.93. The maximum absolute atomic E-state index is 10.9. The number of aryl methyl sites for hydroxylation is 1. The fourth-order valence-electron chi connectivity index (χ4n) is 0.788. The van der Waals surface area contributed by atoms with Crippen molar-refractivity contribution >= 4 is 5.78 Å². The highest BCUT2D eigenvalue weighted by Gasteiger charge is 1.98. The Labute approximate surface area is 66.1 Å². The molecule has 0 aliphatic heterocycles. The minimum Gasteiger partial charge on any atom is -0.279 e. The molecule has 0 aliphatic carbocycles. The number of ketones is 1. The average molecular weight is 144 g/mol. The van der Waals surface area contributed by atoms with Crippen LogP contribution in [0.1, 0.15) is 15.9 Å². The van der Waals surface area contributed by atoms with Crippen LogP contribution >= 0.6 is 0 Å². The van der Waals surface area contributed by atoms with Gasteiger partial charge in [0.15, 0.2) is 0 Å². The largest absolute Gasteiger partial charge is 0.279 e. The molecule has 0 fully saturated rings. The Morgan fingerprint density at radius 2 is 1.91 bits per heavy atom. The van der Waals surface area contributed by atoms with Crippen LogP contribution in [0.25, 0.3) is 0 Å². The maximum Gasteiger partial charge on any atom is 0.235 e. The molecule has 0 saturated carbocycles. The first-order valence-electron chi connectivity index (χ1n) is 3.31. The van der Waals surface area contributed by atoms with Crippen molar-refractivity contribution in [2.75, 3.05) is 0 Å². The topological polar surface area (TPSA) is 17.1 Å². The van der Waals surface area contributed by atoms with Gasteiger partial charge in [0.25, 0.3) is 0 Å². The Balaban J connectivity index is 3.01. The fraction of sp³-hybridized carbons (Fsp3) is 0.100. The molecule has 0 atom stereocenters. The van der Waals surface area contributed by atoms with E-state index >= 15 is 0 Å². The van der Waals surface area contributed by atoms with Crippen LogP contribution in [0.5, 0.6) is 0 Å². The Morgan fingerprint density at radius 1 is 1.36 bits per heavy atom. The quantitative estimate of drug-likeness (QED) is 0.334. The molecule has 0 amide bonds. The molecule has 1 aromatic carbocycles. The van der Waals surface area contributed by atoms with Crippen molar-refractivity contribution in [2.45, 2.75) is 6.92 Å². The van der Waals surface area contributed by atoms with E-state index < -0.39 is 0 Å². The summed E-state index contributed by atoms with van der Waals surface area (Å²) in [5.41, 5.74) is 1.71. The van der Waals surface area contributed by atoms with Crippen LogP contribution in [0.4, 0.5) is 0 Å². The number of rotatable bonds is 1. The van der Waals surface area contributed by atoms with E-state index in [0.717, 1.165) is 5.56 Å². The monoisotopic (exact) mass is 144 g/mol. The van der Waals surface area contributed by atoms with E-state index in [1.165, 1.54) is 0 Å². The summed E-state index contributed by atoms with van der Waals surface area (Å²) in [6.45, 7) is 1.96. The third-order valence-electron chi connectivity index (χ3n) is 1.44. The molecular formula is C10H8O. The van der Waals surface area contributed by atoms with Gasteiger partial charge in [-0.1, -0.05) is 29.8 Å². The molecule has 0 aliphatic rings. The summed E-state index contributed by atoms with van der Waals surface area (Å²) in [5.74, 6) is 1.80. The Kier molecular flexibility index (Phi) is 2.08. The van der Waals surface area contributed by atoms with Crippen molar-refractivity contribution in [1.29, 1.82) is 0 Å². The fourth-order valence-corrected chi connectivity index (χ4v) is 0.788. The summed E-state index contributed by atoms with van der Waals surface area (Å²) in [7, 11) is 0. The first kappa shape index (κ1) is 7.56. The summed E-state index contributed by atoms with van der Waals surface area (Å²) < 4.78 is 0. The van der Waals surface area contributed by atoms with Gasteiger partial charge in [0.1, 0.15) is 0 Å². The van der Waals surface area contributed by atoms with Gasteiger partial charge in [-0.05, 0) is 12.8 Å². The Hall–Kier alpha value is -1.55. The molecule has 1 nitrogen and oxygen atoms in total. The molecule has 54 valence electrons. The SMILES string of the molecule is C#CC(=O)c1ccc(C)cc1. The van der Waals surface area contributed by atoms with Gasteiger partial charge in [0, 0.05) is 5.56 Å². The molecule has 0 bridgehead atoms. The smallest absolute Gasteiger partial charge is 0.235 e. The lowest BCUT2D eigenvalue weighted by molar-refractivity contribution is 0.105. The van der Waals surface area contributed by atoms with Gasteiger partial charge in [0.05, 0.1) is 0 Å². The lowest BCUT2D eigenvalue weighted by Crippen LogP contribution is -1.93. The molecule has 0 N–H and O–H groups in total. The first-order valence-corrected chi connectivity index (χ1v) is 3.31. The molecule has 0 radical (unpaired) electrons. The molecule has 0 unspecified atom stereocenters. The number of benzene rings is 1. The van der Waals surface area contributed by atoms with Gasteiger partial charge < -0.3 is 0 Å². The summed E-state index contributed by atoms with van der Waals surface area (Å²) >= 11 is 0. The number of carbonyl (C=O) groups excluding carboxylic acids is 1. The van der Waals surface area contributed by atoms with Crippen LogP contribution in [0.2, 0.25) is 0 Å². The summed E-state index contributed by atoms with van der Waals surface area (Å²) in [4.78, 5) is 10.9. The second-order valence-corrected chi connectivity index (χ2v) is 2.34. The van der Waals surface area contributed by atoms with Gasteiger partial charge in [-0.3, -0.25) is 4.79 Å². The third kappa shape index (κ3) is 1.68. The van der Waals surface area contributed by atoms with Crippen LogP contribution in [0, 0.1) is 19.3 Å². The highest BCUT2D eigenvalue weighted by atomic mass is 16.1. The Morgan fingerprint density at radius 3 is 2.36 bits per heavy atom. The molecule has 0 aromatic heterocycles. The van der Waals surface area contributed by atoms with E-state index in [-0.39, 0.29) is 5.78 Å². The van der Waals surface area contributed by atoms with Crippen LogP contribution in [0.15, 0.2) is 24.3 Å². The molecule has 0 saturated heterocycles. The number of Topliss-reactive ketones (excluding diaryl/α,β-unsaturated/α-hetero) is 1. The minimum absolute atomic E-state index is 0.259. The van der Waals surface area contributed by atoms with Crippen molar-refractivity contribution < 1.29 is 4.79 Å². The van der Waals surface area contributed by atoms with E-state index in [9.17, 15) is 4.79 Å². The molecule has 1 aromatic rings. The summed E-state index contributed by atoms with van der Waals surface area (Å²) in [6.07, 6.45) is 4.94. The van der Waals surface area contributed by atoms with Crippen molar-refractivity contribution in [3.8, 4) is 12.3 Å². The zero-order valence-electron chi connectivity index (χ0n) is 6.29. The number of carbonyl (C=O) groups is 1. The summed E-state index contributed by atoms with van der Waals surface area (Å²) in [6, 6.07) is 7.20. The number of hydrogen-bond donors (Lipinski definition) is 0. The van der Waals surface area contributed by atoms with Crippen LogP contribution < -0.4 is 0 Å². The van der Waals surface area contributed by atoms with E-state index in [1.54, 1.807) is 12.1 Å². The highest BCUT2D eigenvalue weighted by Crippen LogP contribution is 2.02. The second kappa shape index (κ2) is 3.03. The van der Waals surface area contributed by atoms with Gasteiger partial charge in [0.2, 0.25) is 5.78 Å². The second-order valence-electron chi connectivity index (χ2n) is 2.34. The predicted molar refractivity (Wildman–Crippen MR) is 44.3 cm³/mol. The average Bonchev–Trinajstić information content (AvgIpc) is 2.05. The van der Waals surface area contributed by atoms with Gasteiger partial charge in [-0.15, -0.1) is 6.42 Å². The zero-order valence-corrected chi connectivity index (χ0v) is 6.29. The van der Waals surface area contributed by atoms with Gasteiger partial charge in [-0.25, -0.2) is 0 Å². The number of hydrogen-bond acceptors (Lipinski definition) is 1. The molecule has 0 spiro atoms. The van der Waals surface area contributed by atoms with E-state index in [2.05, 4.69) is 5.92 Å². The van der Waals surface area contributed by atoms with Gasteiger partial charge >= 0.3 is 0 Å². The van der Waals surface area contributed by atoms with Crippen molar-refractivity contribution in [1.82, 2.24) is 0 Å². The maximum atomic E-state index is 10.9. The highest BCUT2D eigenvalue weighted by molar-refractivity contribution is 6.08. The summed E-state index contributed by atoms with van der Waals surface area (Å²) in [5, 5.41) is 0. The van der Waals surface area contributed by atoms with Crippen LogP contribution in [-0.2, 0) is 0 Å². The molecule has 1 heteroatoms. The standard InChI is InChI=1S/C10H8O/c1-3-10(11)9-6-4-8(2)5-7-9/h1,4-7H,2H3. The van der Waals surface area contributed by atoms with E-state index in [4.69, 9.17) is 6.42 Å². The first-order chi connectivity index (χ1) is 5.24. The molecule has 1 rings (SSSR count). The van der Waals surface area contributed by atoms with Crippen molar-refractivity contribution in [3.63, 3.8) is 0 Å². The van der Waals surface area contributed by atoms with Crippen LogP contribution in [0.3, 0.4) is 0 Å². The molecule has 0 heterocycles. The normalized spacial score (nSPS) is 8.73. The van der Waals surface area contributed by atoms with Gasteiger partial charge in [-0.2, -0.15) is 0 Å². The Bertz CT molecular complexity index is 301. The predicted octanol–water partition coefficient (Wildman–Crippen LogP) is 1.81. The number of terminal acetylenes is 1. The van der Waals surface area contributed by atoms with Crippen LogP contribution in [-0.4, -0.2) is 5.78 Å².